The van der Waals surface area contributed by atoms with Gasteiger partial charge in [0, 0.05) is 30.1 Å². The van der Waals surface area contributed by atoms with Crippen LogP contribution in [0.5, 0.6) is 0 Å². The highest BCUT2D eigenvalue weighted by Gasteiger charge is 2.28. The second-order valence-electron chi connectivity index (χ2n) is 6.76. The van der Waals surface area contributed by atoms with E-state index in [-0.39, 0.29) is 11.4 Å². The van der Waals surface area contributed by atoms with Crippen LogP contribution < -0.4 is 4.72 Å². The normalized spacial score (nSPS) is 23.5. The first-order valence-electron chi connectivity index (χ1n) is 8.43. The minimum atomic E-state index is -3.62. The quantitative estimate of drug-likeness (QED) is 0.712. The fourth-order valence-corrected chi connectivity index (χ4v) is 5.12. The maximum absolute atomic E-state index is 12.5. The van der Waals surface area contributed by atoms with Gasteiger partial charge < -0.3 is 5.11 Å². The molecule has 0 bridgehead atoms. The van der Waals surface area contributed by atoms with Crippen LogP contribution in [-0.4, -0.2) is 50.2 Å². The number of hydrogen-bond donors (Lipinski definition) is 2. The van der Waals surface area contributed by atoms with Crippen molar-refractivity contribution < 1.29 is 13.5 Å². The average Bonchev–Trinajstić information content (AvgIpc) is 2.82. The lowest BCUT2D eigenvalue weighted by atomic mass is 10.1. The molecule has 1 aromatic carbocycles. The van der Waals surface area contributed by atoms with E-state index in [2.05, 4.69) is 39.4 Å². The highest BCUT2D eigenvalue weighted by molar-refractivity contribution is 9.10. The zero-order chi connectivity index (χ0) is 17.9. The second kappa shape index (κ2) is 8.27. The SMILES string of the molecule is CCc1cc(Br)ccc1S(=O)(=O)NC[C@H](O)CN1CC(C)CC1C. The van der Waals surface area contributed by atoms with Crippen LogP contribution in [0.2, 0.25) is 0 Å². The number of nitrogens with one attached hydrogen (secondary N) is 1. The van der Waals surface area contributed by atoms with Crippen molar-refractivity contribution in [2.45, 2.75) is 50.7 Å². The number of benzene rings is 1. The lowest BCUT2D eigenvalue weighted by Gasteiger charge is -2.24. The molecule has 2 N–H and O–H groups in total. The number of sulfonamides is 1. The maximum atomic E-state index is 12.5. The van der Waals surface area contributed by atoms with Gasteiger partial charge in [-0.25, -0.2) is 13.1 Å². The Morgan fingerprint density at radius 3 is 2.71 bits per heavy atom. The van der Waals surface area contributed by atoms with Crippen LogP contribution in [0.4, 0.5) is 0 Å². The van der Waals surface area contributed by atoms with Crippen LogP contribution in [0.15, 0.2) is 27.6 Å². The van der Waals surface area contributed by atoms with Gasteiger partial charge in [0.25, 0.3) is 0 Å². The minimum Gasteiger partial charge on any atom is -0.390 e. The molecule has 0 saturated carbocycles. The van der Waals surface area contributed by atoms with E-state index < -0.39 is 16.1 Å². The van der Waals surface area contributed by atoms with Crippen molar-refractivity contribution in [1.82, 2.24) is 9.62 Å². The molecule has 136 valence electrons. The van der Waals surface area contributed by atoms with Gasteiger partial charge in [-0.1, -0.05) is 29.8 Å². The van der Waals surface area contributed by atoms with E-state index in [4.69, 9.17) is 0 Å². The zero-order valence-electron chi connectivity index (χ0n) is 14.5. The molecule has 7 heteroatoms. The van der Waals surface area contributed by atoms with Crippen LogP contribution >= 0.6 is 15.9 Å². The highest BCUT2D eigenvalue weighted by Crippen LogP contribution is 2.23. The first-order chi connectivity index (χ1) is 11.2. The van der Waals surface area contributed by atoms with Crippen molar-refractivity contribution in [3.8, 4) is 0 Å². The minimum absolute atomic E-state index is 0.0269. The third-order valence-corrected chi connectivity index (χ3v) is 6.58. The highest BCUT2D eigenvalue weighted by atomic mass is 79.9. The summed E-state index contributed by atoms with van der Waals surface area (Å²) in [6.45, 7) is 7.75. The molecule has 2 rings (SSSR count). The van der Waals surface area contributed by atoms with E-state index in [1.165, 1.54) is 0 Å². The molecule has 1 saturated heterocycles. The Balaban J connectivity index is 1.97. The lowest BCUT2D eigenvalue weighted by Crippen LogP contribution is -2.41. The summed E-state index contributed by atoms with van der Waals surface area (Å²) in [7, 11) is -3.62. The van der Waals surface area contributed by atoms with Crippen molar-refractivity contribution in [2.24, 2.45) is 5.92 Å². The predicted molar refractivity (Wildman–Crippen MR) is 99.5 cm³/mol. The average molecular weight is 419 g/mol. The summed E-state index contributed by atoms with van der Waals surface area (Å²) in [5.74, 6) is 0.624. The number of halogens is 1. The van der Waals surface area contributed by atoms with Crippen LogP contribution in [0.3, 0.4) is 0 Å². The van der Waals surface area contributed by atoms with Gasteiger partial charge in [-0.15, -0.1) is 0 Å². The number of nitrogens with zero attached hydrogens (tertiary/aromatic N) is 1. The number of likely N-dealkylation sites (tertiary alicyclic amines) is 1. The molecule has 24 heavy (non-hydrogen) atoms. The smallest absolute Gasteiger partial charge is 0.240 e. The van der Waals surface area contributed by atoms with Gasteiger partial charge in [-0.3, -0.25) is 4.90 Å². The van der Waals surface area contributed by atoms with E-state index in [9.17, 15) is 13.5 Å². The van der Waals surface area contributed by atoms with Crippen LogP contribution in [0, 0.1) is 5.92 Å². The standard InChI is InChI=1S/C17H27BrN2O3S/c1-4-14-8-15(18)5-6-17(14)24(22,23)19-9-16(21)11-20-10-12(2)7-13(20)3/h5-6,8,12-13,16,19,21H,4,7,9-11H2,1-3H3/t12?,13?,16-/m0/s1. The molecule has 1 aliphatic rings. The molecular formula is C17H27BrN2O3S. The summed E-state index contributed by atoms with van der Waals surface area (Å²) in [6.07, 6.45) is 1.03. The molecule has 0 aliphatic carbocycles. The largest absolute Gasteiger partial charge is 0.390 e. The van der Waals surface area contributed by atoms with Gasteiger partial charge in [0.05, 0.1) is 11.0 Å². The molecule has 1 aliphatic heterocycles. The van der Waals surface area contributed by atoms with Crippen LogP contribution in [0.1, 0.15) is 32.8 Å². The Morgan fingerprint density at radius 2 is 2.12 bits per heavy atom. The molecule has 2 unspecified atom stereocenters. The summed E-state index contributed by atoms with van der Waals surface area (Å²) in [5.41, 5.74) is 0.758. The summed E-state index contributed by atoms with van der Waals surface area (Å²) in [4.78, 5) is 2.50. The molecule has 1 fully saturated rings. The number of aliphatic hydroxyl groups excluding tert-OH is 1. The zero-order valence-corrected chi connectivity index (χ0v) is 16.9. The summed E-state index contributed by atoms with van der Waals surface area (Å²) >= 11 is 3.36. The van der Waals surface area contributed by atoms with Crippen molar-refractivity contribution >= 4 is 26.0 Å². The van der Waals surface area contributed by atoms with Gasteiger partial charge in [-0.05, 0) is 49.4 Å². The number of β-amino-alcohol motifs (C(OH)–C–C–N with tert-alkyl or cyclic N) is 1. The van der Waals surface area contributed by atoms with Gasteiger partial charge in [0.15, 0.2) is 0 Å². The number of aliphatic hydroxyl groups is 1. The summed E-state index contributed by atoms with van der Waals surface area (Å²) in [6, 6.07) is 5.57. The van der Waals surface area contributed by atoms with Crippen molar-refractivity contribution in [2.75, 3.05) is 19.6 Å². The van der Waals surface area contributed by atoms with Gasteiger partial charge in [0.2, 0.25) is 10.0 Å². The van der Waals surface area contributed by atoms with E-state index >= 15 is 0 Å². The molecule has 0 spiro atoms. The Morgan fingerprint density at radius 1 is 1.42 bits per heavy atom. The molecule has 0 radical (unpaired) electrons. The van der Waals surface area contributed by atoms with E-state index in [0.29, 0.717) is 24.9 Å². The van der Waals surface area contributed by atoms with Gasteiger partial charge in [-0.2, -0.15) is 0 Å². The summed E-state index contributed by atoms with van der Waals surface area (Å²) in [5, 5.41) is 10.2. The number of aryl methyl sites for hydroxylation is 1. The van der Waals surface area contributed by atoms with Crippen molar-refractivity contribution in [3.63, 3.8) is 0 Å². The molecule has 3 atom stereocenters. The Labute approximate surface area is 153 Å². The van der Waals surface area contributed by atoms with E-state index in [0.717, 1.165) is 23.0 Å². The molecule has 1 aromatic rings. The van der Waals surface area contributed by atoms with Crippen molar-refractivity contribution in [1.29, 1.82) is 0 Å². The second-order valence-corrected chi connectivity index (χ2v) is 9.41. The van der Waals surface area contributed by atoms with Crippen LogP contribution in [-0.2, 0) is 16.4 Å². The number of rotatable bonds is 7. The van der Waals surface area contributed by atoms with E-state index in [1.54, 1.807) is 12.1 Å². The molecular weight excluding hydrogens is 392 g/mol. The molecule has 1 heterocycles. The Bertz CT molecular complexity index is 666. The first-order valence-corrected chi connectivity index (χ1v) is 10.7. The third-order valence-electron chi connectivity index (χ3n) is 4.56. The van der Waals surface area contributed by atoms with Crippen LogP contribution in [0.25, 0.3) is 0 Å². The maximum Gasteiger partial charge on any atom is 0.240 e. The summed E-state index contributed by atoms with van der Waals surface area (Å²) < 4.78 is 28.5. The number of hydrogen-bond acceptors (Lipinski definition) is 4. The van der Waals surface area contributed by atoms with E-state index in [1.807, 2.05) is 13.0 Å². The predicted octanol–water partition coefficient (Wildman–Crippen LogP) is 2.38. The fraction of sp³-hybridized carbons (Fsp3) is 0.647. The Kier molecular flexibility index (Phi) is 6.84. The topological polar surface area (TPSA) is 69.6 Å². The molecule has 0 aromatic heterocycles. The van der Waals surface area contributed by atoms with Gasteiger partial charge >= 0.3 is 0 Å². The monoisotopic (exact) mass is 418 g/mol. The fourth-order valence-electron chi connectivity index (χ4n) is 3.35. The van der Waals surface area contributed by atoms with Gasteiger partial charge in [0.1, 0.15) is 0 Å². The van der Waals surface area contributed by atoms with Crippen molar-refractivity contribution in [3.05, 3.63) is 28.2 Å². The lowest BCUT2D eigenvalue weighted by molar-refractivity contribution is 0.111. The third kappa shape index (κ3) is 5.02. The first kappa shape index (κ1) is 19.8. The Hall–Kier alpha value is -0.470. The molecule has 5 nitrogen and oxygen atoms in total. The molecule has 0 amide bonds.